The molecule has 1 aromatic heterocycles. The Hall–Kier alpha value is -4.07. The third-order valence-electron chi connectivity index (χ3n) is 5.44. The summed E-state index contributed by atoms with van der Waals surface area (Å²) in [4.78, 5) is 18.2. The van der Waals surface area contributed by atoms with E-state index in [2.05, 4.69) is 10.1 Å². The first kappa shape index (κ1) is 20.8. The largest absolute Gasteiger partial charge is 0.489 e. The number of hydrogen-bond donors (Lipinski definition) is 0. The second kappa shape index (κ2) is 8.82. The smallest absolute Gasteiger partial charge is 0.232 e. The van der Waals surface area contributed by atoms with Crippen LogP contribution in [0, 0.1) is 11.6 Å². The number of carbonyl (C=O) groups is 1. The van der Waals surface area contributed by atoms with Gasteiger partial charge in [-0.3, -0.25) is 4.79 Å². The number of ether oxygens (including phenoxy) is 1. The molecular formula is C25H19F2N3O3. The highest BCUT2D eigenvalue weighted by Gasteiger charge is 2.35. The van der Waals surface area contributed by atoms with Crippen LogP contribution in [0.15, 0.2) is 77.3 Å². The fourth-order valence-electron chi connectivity index (χ4n) is 3.78. The van der Waals surface area contributed by atoms with Crippen LogP contribution in [0.25, 0.3) is 11.4 Å². The first-order valence-electron chi connectivity index (χ1n) is 10.4. The number of carbonyl (C=O) groups excluding carboxylic acids is 1. The average Bonchev–Trinajstić information content (AvgIpc) is 3.45. The van der Waals surface area contributed by atoms with Gasteiger partial charge in [-0.1, -0.05) is 35.5 Å². The van der Waals surface area contributed by atoms with Crippen molar-refractivity contribution in [3.8, 4) is 17.1 Å². The summed E-state index contributed by atoms with van der Waals surface area (Å²) < 4.78 is 38.3. The Labute approximate surface area is 188 Å². The van der Waals surface area contributed by atoms with E-state index in [1.807, 2.05) is 54.6 Å². The number of nitrogens with zero attached hydrogens (tertiary/aromatic N) is 3. The predicted octanol–water partition coefficient (Wildman–Crippen LogP) is 5.11. The van der Waals surface area contributed by atoms with Gasteiger partial charge in [-0.05, 0) is 42.0 Å². The molecule has 1 fully saturated rings. The van der Waals surface area contributed by atoms with Gasteiger partial charge in [0.05, 0.1) is 5.92 Å². The lowest BCUT2D eigenvalue weighted by molar-refractivity contribution is -0.117. The molecule has 166 valence electrons. The molecule has 1 atom stereocenters. The van der Waals surface area contributed by atoms with E-state index in [1.54, 1.807) is 0 Å². The highest BCUT2D eigenvalue weighted by atomic mass is 19.1. The summed E-state index contributed by atoms with van der Waals surface area (Å²) in [6, 6.07) is 20.2. The van der Waals surface area contributed by atoms with Gasteiger partial charge >= 0.3 is 0 Å². The zero-order valence-corrected chi connectivity index (χ0v) is 17.4. The van der Waals surface area contributed by atoms with Crippen LogP contribution in [0.4, 0.5) is 14.5 Å². The number of anilines is 1. The van der Waals surface area contributed by atoms with Crippen LogP contribution in [0.2, 0.25) is 0 Å². The van der Waals surface area contributed by atoms with Crippen LogP contribution < -0.4 is 9.64 Å². The van der Waals surface area contributed by atoms with Gasteiger partial charge < -0.3 is 14.2 Å². The molecule has 0 saturated carbocycles. The minimum absolute atomic E-state index is 0.117. The van der Waals surface area contributed by atoms with Crippen molar-refractivity contribution >= 4 is 11.6 Å². The maximum Gasteiger partial charge on any atom is 0.232 e. The van der Waals surface area contributed by atoms with Crippen LogP contribution in [-0.4, -0.2) is 22.6 Å². The molecule has 0 bridgehead atoms. The van der Waals surface area contributed by atoms with E-state index < -0.39 is 11.6 Å². The zero-order chi connectivity index (χ0) is 22.8. The van der Waals surface area contributed by atoms with Crippen molar-refractivity contribution in [2.24, 2.45) is 0 Å². The Balaban J connectivity index is 1.26. The fourth-order valence-corrected chi connectivity index (χ4v) is 3.78. The fraction of sp³-hybridized carbons (Fsp3) is 0.160. The minimum atomic E-state index is -0.738. The molecule has 0 N–H and O–H groups in total. The van der Waals surface area contributed by atoms with Crippen molar-refractivity contribution in [2.75, 3.05) is 11.4 Å². The number of hydrogen-bond acceptors (Lipinski definition) is 5. The first-order valence-corrected chi connectivity index (χ1v) is 10.4. The van der Waals surface area contributed by atoms with Crippen LogP contribution in [0.5, 0.6) is 5.75 Å². The topological polar surface area (TPSA) is 68.5 Å². The van der Waals surface area contributed by atoms with Gasteiger partial charge in [0.2, 0.25) is 17.6 Å². The van der Waals surface area contributed by atoms with Gasteiger partial charge in [-0.15, -0.1) is 0 Å². The third kappa shape index (κ3) is 4.59. The standard InChI is InChI=1S/C25H19F2N3O3/c26-19-11-20(27)13-21(12-19)30-14-18(10-23(30)31)25-28-24(29-33-25)17-6-8-22(9-7-17)32-15-16-4-2-1-3-5-16/h1-9,11-13,18H,10,14-15H2. The van der Waals surface area contributed by atoms with Crippen molar-refractivity contribution < 1.29 is 22.8 Å². The number of aromatic nitrogens is 2. The molecular weight excluding hydrogens is 428 g/mol. The van der Waals surface area contributed by atoms with E-state index in [-0.39, 0.29) is 30.5 Å². The number of halogens is 2. The summed E-state index contributed by atoms with van der Waals surface area (Å²) in [7, 11) is 0. The van der Waals surface area contributed by atoms with E-state index in [1.165, 1.54) is 4.90 Å². The summed E-state index contributed by atoms with van der Waals surface area (Å²) >= 11 is 0. The summed E-state index contributed by atoms with van der Waals surface area (Å²) in [6.45, 7) is 0.670. The van der Waals surface area contributed by atoms with Crippen molar-refractivity contribution in [2.45, 2.75) is 18.9 Å². The highest BCUT2D eigenvalue weighted by molar-refractivity contribution is 5.96. The number of benzene rings is 3. The average molecular weight is 447 g/mol. The second-order valence-corrected chi connectivity index (χ2v) is 7.79. The molecule has 33 heavy (non-hydrogen) atoms. The molecule has 1 aliphatic heterocycles. The van der Waals surface area contributed by atoms with Gasteiger partial charge in [-0.2, -0.15) is 4.98 Å². The molecule has 1 unspecified atom stereocenters. The molecule has 0 spiro atoms. The van der Waals surface area contributed by atoms with E-state index in [0.717, 1.165) is 29.3 Å². The Bertz CT molecular complexity index is 1260. The highest BCUT2D eigenvalue weighted by Crippen LogP contribution is 2.32. The van der Waals surface area contributed by atoms with Crippen molar-refractivity contribution in [1.29, 1.82) is 0 Å². The van der Waals surface area contributed by atoms with E-state index >= 15 is 0 Å². The summed E-state index contributed by atoms with van der Waals surface area (Å²) in [6.07, 6.45) is 0.117. The monoisotopic (exact) mass is 447 g/mol. The maximum atomic E-state index is 13.6. The van der Waals surface area contributed by atoms with Gasteiger partial charge in [0.25, 0.3) is 0 Å². The van der Waals surface area contributed by atoms with Crippen LogP contribution >= 0.6 is 0 Å². The van der Waals surface area contributed by atoms with Crippen LogP contribution in [0.1, 0.15) is 23.8 Å². The molecule has 1 amide bonds. The van der Waals surface area contributed by atoms with Gasteiger partial charge in [0.15, 0.2) is 0 Å². The summed E-state index contributed by atoms with van der Waals surface area (Å²) in [5, 5.41) is 4.03. The molecule has 1 saturated heterocycles. The van der Waals surface area contributed by atoms with Gasteiger partial charge in [0, 0.05) is 30.3 Å². The molecule has 2 heterocycles. The normalized spacial score (nSPS) is 15.8. The van der Waals surface area contributed by atoms with E-state index in [4.69, 9.17) is 9.26 Å². The summed E-state index contributed by atoms with van der Waals surface area (Å²) in [5.41, 5.74) is 1.99. The van der Waals surface area contributed by atoms with E-state index in [9.17, 15) is 13.6 Å². The van der Waals surface area contributed by atoms with E-state index in [0.29, 0.717) is 24.1 Å². The van der Waals surface area contributed by atoms with Gasteiger partial charge in [0.1, 0.15) is 24.0 Å². The minimum Gasteiger partial charge on any atom is -0.489 e. The lowest BCUT2D eigenvalue weighted by Gasteiger charge is -2.16. The molecule has 0 aliphatic carbocycles. The Morgan fingerprint density at radius 1 is 1.00 bits per heavy atom. The lowest BCUT2D eigenvalue weighted by atomic mass is 10.1. The molecule has 1 aliphatic rings. The lowest BCUT2D eigenvalue weighted by Crippen LogP contribution is -2.24. The first-order chi connectivity index (χ1) is 16.0. The van der Waals surface area contributed by atoms with Crippen molar-refractivity contribution in [1.82, 2.24) is 10.1 Å². The number of rotatable bonds is 6. The van der Waals surface area contributed by atoms with Crippen molar-refractivity contribution in [3.05, 3.63) is 95.9 Å². The Kier molecular flexibility index (Phi) is 5.56. The third-order valence-corrected chi connectivity index (χ3v) is 5.44. The molecule has 8 heteroatoms. The molecule has 4 aromatic rings. The second-order valence-electron chi connectivity index (χ2n) is 7.79. The quantitative estimate of drug-likeness (QED) is 0.411. The molecule has 6 nitrogen and oxygen atoms in total. The SMILES string of the molecule is O=C1CC(c2nc(-c3ccc(OCc4ccccc4)cc3)no2)CN1c1cc(F)cc(F)c1. The Morgan fingerprint density at radius 3 is 2.45 bits per heavy atom. The van der Waals surface area contributed by atoms with Gasteiger partial charge in [-0.25, -0.2) is 8.78 Å². The van der Waals surface area contributed by atoms with Crippen LogP contribution in [-0.2, 0) is 11.4 Å². The predicted molar refractivity (Wildman–Crippen MR) is 117 cm³/mol. The molecule has 3 aromatic carbocycles. The molecule has 0 radical (unpaired) electrons. The Morgan fingerprint density at radius 2 is 1.73 bits per heavy atom. The zero-order valence-electron chi connectivity index (χ0n) is 17.4. The number of amides is 1. The maximum absolute atomic E-state index is 13.6. The van der Waals surface area contributed by atoms with Crippen LogP contribution in [0.3, 0.4) is 0 Å². The summed E-state index contributed by atoms with van der Waals surface area (Å²) in [5.74, 6) is -0.687. The molecule has 5 rings (SSSR count). The van der Waals surface area contributed by atoms with Crippen molar-refractivity contribution in [3.63, 3.8) is 0 Å².